The maximum atomic E-state index is 13.5. The Balaban J connectivity index is 2.86. The van der Waals surface area contributed by atoms with Crippen LogP contribution in [0.25, 0.3) is 0 Å². The minimum Gasteiger partial charge on any atom is -0.313 e. The van der Waals surface area contributed by atoms with Crippen molar-refractivity contribution in [3.63, 3.8) is 0 Å². The van der Waals surface area contributed by atoms with E-state index in [2.05, 4.69) is 19.2 Å². The molecule has 1 aromatic rings. The van der Waals surface area contributed by atoms with Crippen LogP contribution in [0.1, 0.15) is 38.3 Å². The smallest absolute Gasteiger partial charge is 0.130 e. The molecular formula is C13H19F2N. The van der Waals surface area contributed by atoms with Crippen LogP contribution < -0.4 is 5.32 Å². The van der Waals surface area contributed by atoms with Gasteiger partial charge < -0.3 is 5.32 Å². The van der Waals surface area contributed by atoms with Gasteiger partial charge in [0.2, 0.25) is 0 Å². The molecule has 0 spiro atoms. The number of hydrogen-bond acceptors (Lipinski definition) is 1. The standard InChI is InChI=1S/C13H19F2N/c1-9(2)7-8-12(16-3)13-10(14)5-4-6-11(13)15/h4-6,9,12,16H,7-8H2,1-3H3. The van der Waals surface area contributed by atoms with E-state index < -0.39 is 11.6 Å². The molecule has 0 aliphatic heterocycles. The van der Waals surface area contributed by atoms with Crippen LogP contribution in [0.4, 0.5) is 8.78 Å². The molecule has 16 heavy (non-hydrogen) atoms. The van der Waals surface area contributed by atoms with Crippen molar-refractivity contribution < 1.29 is 8.78 Å². The number of nitrogens with one attached hydrogen (secondary N) is 1. The quantitative estimate of drug-likeness (QED) is 0.809. The summed E-state index contributed by atoms with van der Waals surface area (Å²) in [5.74, 6) is -0.406. The molecule has 3 heteroatoms. The Labute approximate surface area is 95.9 Å². The molecule has 0 fully saturated rings. The maximum Gasteiger partial charge on any atom is 0.130 e. The van der Waals surface area contributed by atoms with Gasteiger partial charge in [0.25, 0.3) is 0 Å². The first kappa shape index (κ1) is 13.1. The second-order valence-corrected chi connectivity index (χ2v) is 4.45. The normalized spacial score (nSPS) is 13.1. The number of benzene rings is 1. The molecule has 0 aliphatic carbocycles. The number of halogens is 2. The van der Waals surface area contributed by atoms with E-state index in [1.807, 2.05) is 0 Å². The molecule has 0 amide bonds. The third kappa shape index (κ3) is 3.27. The average Bonchev–Trinajstić information content (AvgIpc) is 2.22. The summed E-state index contributed by atoms with van der Waals surface area (Å²) in [7, 11) is 1.73. The van der Waals surface area contributed by atoms with Gasteiger partial charge in [0.1, 0.15) is 11.6 Å². The molecule has 0 heterocycles. The Hall–Kier alpha value is -0.960. The molecule has 0 aromatic heterocycles. The fourth-order valence-corrected chi connectivity index (χ4v) is 1.78. The summed E-state index contributed by atoms with van der Waals surface area (Å²) in [6, 6.07) is 3.75. The highest BCUT2D eigenvalue weighted by Gasteiger charge is 2.18. The molecule has 0 radical (unpaired) electrons. The Kier molecular flexibility index (Phi) is 4.87. The van der Waals surface area contributed by atoms with Gasteiger partial charge in [-0.1, -0.05) is 19.9 Å². The van der Waals surface area contributed by atoms with Crippen molar-refractivity contribution in [2.45, 2.75) is 32.7 Å². The Morgan fingerprint density at radius 2 is 1.69 bits per heavy atom. The van der Waals surface area contributed by atoms with E-state index >= 15 is 0 Å². The van der Waals surface area contributed by atoms with Crippen molar-refractivity contribution in [2.24, 2.45) is 5.92 Å². The topological polar surface area (TPSA) is 12.0 Å². The molecule has 1 atom stereocenters. The molecular weight excluding hydrogens is 208 g/mol. The summed E-state index contributed by atoms with van der Waals surface area (Å²) < 4.78 is 27.1. The molecule has 0 bridgehead atoms. The second kappa shape index (κ2) is 5.94. The van der Waals surface area contributed by atoms with Crippen molar-refractivity contribution in [3.05, 3.63) is 35.4 Å². The van der Waals surface area contributed by atoms with E-state index in [9.17, 15) is 8.78 Å². The van der Waals surface area contributed by atoms with Crippen LogP contribution in [-0.2, 0) is 0 Å². The Morgan fingerprint density at radius 1 is 1.12 bits per heavy atom. The van der Waals surface area contributed by atoms with E-state index in [1.165, 1.54) is 18.2 Å². The average molecular weight is 227 g/mol. The molecule has 90 valence electrons. The first-order valence-electron chi connectivity index (χ1n) is 5.67. The van der Waals surface area contributed by atoms with Crippen LogP contribution >= 0.6 is 0 Å². The molecule has 1 aromatic carbocycles. The number of rotatable bonds is 5. The molecule has 0 saturated carbocycles. The van der Waals surface area contributed by atoms with Gasteiger partial charge in [0, 0.05) is 11.6 Å². The zero-order valence-corrected chi connectivity index (χ0v) is 10.1. The van der Waals surface area contributed by atoms with Gasteiger partial charge >= 0.3 is 0 Å². The van der Waals surface area contributed by atoms with Crippen molar-refractivity contribution in [1.82, 2.24) is 5.32 Å². The Bertz CT molecular complexity index is 316. The van der Waals surface area contributed by atoms with Crippen LogP contribution in [-0.4, -0.2) is 7.05 Å². The fourth-order valence-electron chi connectivity index (χ4n) is 1.78. The van der Waals surface area contributed by atoms with Crippen LogP contribution in [0.3, 0.4) is 0 Å². The van der Waals surface area contributed by atoms with Crippen molar-refractivity contribution >= 4 is 0 Å². The minimum absolute atomic E-state index is 0.158. The lowest BCUT2D eigenvalue weighted by molar-refractivity contribution is 0.430. The highest BCUT2D eigenvalue weighted by atomic mass is 19.1. The monoisotopic (exact) mass is 227 g/mol. The summed E-state index contributed by atoms with van der Waals surface area (Å²) in [5, 5.41) is 2.98. The third-order valence-corrected chi connectivity index (χ3v) is 2.73. The summed E-state index contributed by atoms with van der Waals surface area (Å²) >= 11 is 0. The molecule has 1 unspecified atom stereocenters. The summed E-state index contributed by atoms with van der Waals surface area (Å²) in [5.41, 5.74) is 0.158. The van der Waals surface area contributed by atoms with Crippen LogP contribution in [0.15, 0.2) is 18.2 Å². The van der Waals surface area contributed by atoms with E-state index in [1.54, 1.807) is 7.05 Å². The maximum absolute atomic E-state index is 13.5. The largest absolute Gasteiger partial charge is 0.313 e. The van der Waals surface area contributed by atoms with Gasteiger partial charge in [-0.05, 0) is 37.9 Å². The first-order valence-corrected chi connectivity index (χ1v) is 5.67. The Morgan fingerprint density at radius 3 is 2.12 bits per heavy atom. The zero-order valence-electron chi connectivity index (χ0n) is 10.1. The SMILES string of the molecule is CNC(CCC(C)C)c1c(F)cccc1F. The third-order valence-electron chi connectivity index (χ3n) is 2.73. The zero-order chi connectivity index (χ0) is 12.1. The summed E-state index contributed by atoms with van der Waals surface area (Å²) in [6.45, 7) is 4.20. The lowest BCUT2D eigenvalue weighted by Crippen LogP contribution is -2.19. The van der Waals surface area contributed by atoms with Gasteiger partial charge in [-0.25, -0.2) is 8.78 Å². The van der Waals surface area contributed by atoms with Crippen LogP contribution in [0.5, 0.6) is 0 Å². The van der Waals surface area contributed by atoms with Gasteiger partial charge in [-0.3, -0.25) is 0 Å². The van der Waals surface area contributed by atoms with Gasteiger partial charge in [-0.15, -0.1) is 0 Å². The van der Waals surface area contributed by atoms with Crippen molar-refractivity contribution in [2.75, 3.05) is 7.05 Å². The molecule has 1 N–H and O–H groups in total. The van der Waals surface area contributed by atoms with E-state index in [0.29, 0.717) is 5.92 Å². The van der Waals surface area contributed by atoms with Crippen molar-refractivity contribution in [3.8, 4) is 0 Å². The van der Waals surface area contributed by atoms with Gasteiger partial charge in [0.15, 0.2) is 0 Å². The molecule has 0 saturated heterocycles. The predicted octanol–water partition coefficient (Wildman–Crippen LogP) is 3.66. The fraction of sp³-hybridized carbons (Fsp3) is 0.538. The first-order chi connectivity index (χ1) is 7.56. The molecule has 1 nitrogen and oxygen atoms in total. The van der Waals surface area contributed by atoms with Crippen LogP contribution in [0.2, 0.25) is 0 Å². The van der Waals surface area contributed by atoms with E-state index in [4.69, 9.17) is 0 Å². The highest BCUT2D eigenvalue weighted by molar-refractivity contribution is 5.23. The van der Waals surface area contributed by atoms with Gasteiger partial charge in [-0.2, -0.15) is 0 Å². The van der Waals surface area contributed by atoms with Crippen LogP contribution in [0, 0.1) is 17.6 Å². The lowest BCUT2D eigenvalue weighted by atomic mass is 9.97. The number of hydrogen-bond donors (Lipinski definition) is 1. The highest BCUT2D eigenvalue weighted by Crippen LogP contribution is 2.25. The minimum atomic E-state index is -0.469. The van der Waals surface area contributed by atoms with Crippen molar-refractivity contribution in [1.29, 1.82) is 0 Å². The predicted molar refractivity (Wildman–Crippen MR) is 62.2 cm³/mol. The van der Waals surface area contributed by atoms with Gasteiger partial charge in [0.05, 0.1) is 0 Å². The summed E-state index contributed by atoms with van der Waals surface area (Å²) in [4.78, 5) is 0. The molecule has 0 aliphatic rings. The van der Waals surface area contributed by atoms with E-state index in [-0.39, 0.29) is 11.6 Å². The molecule has 1 rings (SSSR count). The lowest BCUT2D eigenvalue weighted by Gasteiger charge is -2.19. The van der Waals surface area contributed by atoms with E-state index in [0.717, 1.165) is 12.8 Å². The second-order valence-electron chi connectivity index (χ2n) is 4.45. The summed E-state index contributed by atoms with van der Waals surface area (Å²) in [6.07, 6.45) is 1.69.